The molecule has 0 bridgehead atoms. The highest BCUT2D eigenvalue weighted by Crippen LogP contribution is 2.41. The predicted molar refractivity (Wildman–Crippen MR) is 152 cm³/mol. The van der Waals surface area contributed by atoms with Crippen LogP contribution < -0.4 is 15.8 Å². The van der Waals surface area contributed by atoms with E-state index in [-0.39, 0.29) is 29.7 Å². The van der Waals surface area contributed by atoms with Gasteiger partial charge in [0, 0.05) is 29.3 Å². The fourth-order valence-electron chi connectivity index (χ4n) is 4.63. The molecule has 1 saturated carbocycles. The number of rotatable bonds is 9. The maximum atomic E-state index is 12.7. The van der Waals surface area contributed by atoms with E-state index in [1.807, 2.05) is 20.8 Å². The second-order valence-electron chi connectivity index (χ2n) is 9.94. The van der Waals surface area contributed by atoms with Gasteiger partial charge in [0.25, 0.3) is 0 Å². The summed E-state index contributed by atoms with van der Waals surface area (Å²) in [4.78, 5) is 28.7. The fraction of sp³-hybridized carbons (Fsp3) is 0.462. The van der Waals surface area contributed by atoms with E-state index in [1.54, 1.807) is 18.2 Å². The number of primary sulfonamides is 1. The summed E-state index contributed by atoms with van der Waals surface area (Å²) in [7, 11) is -2.90. The zero-order chi connectivity index (χ0) is 29.7. The third kappa shape index (κ3) is 7.74. The van der Waals surface area contributed by atoms with Crippen LogP contribution in [0, 0.1) is 6.92 Å². The molecule has 13 nitrogen and oxygen atoms in total. The van der Waals surface area contributed by atoms with Crippen molar-refractivity contribution in [2.75, 3.05) is 12.4 Å². The average molecular weight is 607 g/mol. The van der Waals surface area contributed by atoms with Crippen molar-refractivity contribution in [3.63, 3.8) is 0 Å². The Bertz CT molecular complexity index is 1490. The van der Waals surface area contributed by atoms with E-state index >= 15 is 0 Å². The van der Waals surface area contributed by atoms with Gasteiger partial charge in [-0.05, 0) is 58.6 Å². The molecule has 0 aliphatic heterocycles. The molecule has 4 rings (SSSR count). The molecular formula is C26H34N6O7S2. The van der Waals surface area contributed by atoms with Crippen LogP contribution in [0.15, 0.2) is 35.4 Å². The Balaban J connectivity index is 1.51. The molecule has 1 aliphatic rings. The molecule has 1 aromatic carbocycles. The normalized spacial score (nSPS) is 17.2. The number of hydrogen-bond donors (Lipinski definition) is 3. The van der Waals surface area contributed by atoms with Crippen molar-refractivity contribution >= 4 is 45.1 Å². The van der Waals surface area contributed by atoms with Gasteiger partial charge in [-0.15, -0.1) is 11.3 Å². The van der Waals surface area contributed by atoms with Gasteiger partial charge in [0.2, 0.25) is 10.0 Å². The van der Waals surface area contributed by atoms with Crippen LogP contribution in [0.3, 0.4) is 0 Å². The summed E-state index contributed by atoms with van der Waals surface area (Å²) in [5.74, 6) is 0.666. The van der Waals surface area contributed by atoms with E-state index in [2.05, 4.69) is 20.5 Å². The number of hydrogen-bond acceptors (Lipinski definition) is 11. The Labute approximate surface area is 242 Å². The third-order valence-electron chi connectivity index (χ3n) is 6.55. The first kappa shape index (κ1) is 30.3. The highest BCUT2D eigenvalue weighted by atomic mass is 32.2. The van der Waals surface area contributed by atoms with Crippen LogP contribution in [0.25, 0.3) is 10.4 Å². The van der Waals surface area contributed by atoms with E-state index in [1.165, 1.54) is 35.4 Å². The van der Waals surface area contributed by atoms with Crippen LogP contribution in [0.2, 0.25) is 0 Å². The van der Waals surface area contributed by atoms with Gasteiger partial charge in [-0.25, -0.2) is 32.8 Å². The van der Waals surface area contributed by atoms with Crippen LogP contribution in [-0.4, -0.2) is 54.7 Å². The number of amides is 1. The number of nitrogens with one attached hydrogen (secondary N) is 2. The first-order valence-electron chi connectivity index (χ1n) is 13.1. The molecule has 41 heavy (non-hydrogen) atoms. The minimum absolute atomic E-state index is 0.0470. The monoisotopic (exact) mass is 606 g/mol. The van der Waals surface area contributed by atoms with E-state index in [0.717, 1.165) is 41.3 Å². The summed E-state index contributed by atoms with van der Waals surface area (Å²) in [6.07, 6.45) is 3.36. The van der Waals surface area contributed by atoms with Gasteiger partial charge in [-0.3, -0.25) is 0 Å². The van der Waals surface area contributed by atoms with Gasteiger partial charge in [-0.1, -0.05) is 6.07 Å². The highest BCUT2D eigenvalue weighted by Gasteiger charge is 2.28. The van der Waals surface area contributed by atoms with Crippen molar-refractivity contribution in [2.45, 2.75) is 76.1 Å². The molecule has 1 aliphatic carbocycles. The molecule has 1 amide bonds. The number of ether oxygens (including phenoxy) is 3. The molecule has 1 fully saturated rings. The first-order valence-corrected chi connectivity index (χ1v) is 15.4. The van der Waals surface area contributed by atoms with E-state index in [4.69, 9.17) is 19.6 Å². The van der Waals surface area contributed by atoms with Crippen molar-refractivity contribution in [3.8, 4) is 10.4 Å². The zero-order valence-corrected chi connectivity index (χ0v) is 24.9. The number of thiazole rings is 1. The summed E-state index contributed by atoms with van der Waals surface area (Å²) < 4.78 is 41.3. The van der Waals surface area contributed by atoms with Crippen molar-refractivity contribution in [2.24, 2.45) is 5.14 Å². The number of methoxy groups -OCH3 is 1. The number of aromatic nitrogens is 3. The number of carbonyl (C=O) groups excluding carboxylic acids is 2. The summed E-state index contributed by atoms with van der Waals surface area (Å²) >= 11 is 1.46. The predicted octanol–water partition coefficient (Wildman–Crippen LogP) is 4.61. The largest absolute Gasteiger partial charge is 0.509 e. The number of sulfonamides is 1. The molecule has 15 heteroatoms. The summed E-state index contributed by atoms with van der Waals surface area (Å²) in [6.45, 7) is 5.27. The minimum atomic E-state index is -4.10. The van der Waals surface area contributed by atoms with Gasteiger partial charge in [0.05, 0.1) is 39.9 Å². The van der Waals surface area contributed by atoms with Crippen LogP contribution in [0.1, 0.15) is 56.2 Å². The fourth-order valence-corrected chi connectivity index (χ4v) is 6.73. The van der Waals surface area contributed by atoms with Crippen LogP contribution >= 0.6 is 11.3 Å². The average Bonchev–Trinajstić information content (AvgIpc) is 3.52. The van der Waals surface area contributed by atoms with Crippen LogP contribution in [0.4, 0.5) is 21.1 Å². The molecule has 0 atom stereocenters. The zero-order valence-electron chi connectivity index (χ0n) is 23.2. The van der Waals surface area contributed by atoms with Crippen molar-refractivity contribution < 1.29 is 32.2 Å². The van der Waals surface area contributed by atoms with Crippen LogP contribution in [0.5, 0.6) is 0 Å². The topological polar surface area (TPSA) is 177 Å². The Morgan fingerprint density at radius 2 is 1.93 bits per heavy atom. The molecule has 0 unspecified atom stereocenters. The first-order chi connectivity index (χ1) is 19.4. The molecule has 2 aromatic heterocycles. The quantitative estimate of drug-likeness (QED) is 0.292. The lowest BCUT2D eigenvalue weighted by Crippen LogP contribution is -2.38. The molecule has 3 aromatic rings. The van der Waals surface area contributed by atoms with Gasteiger partial charge >= 0.3 is 12.2 Å². The third-order valence-corrected chi connectivity index (χ3v) is 8.85. The molecule has 0 spiro atoms. The van der Waals surface area contributed by atoms with E-state index in [9.17, 15) is 18.0 Å². The highest BCUT2D eigenvalue weighted by molar-refractivity contribution is 7.89. The summed E-state index contributed by atoms with van der Waals surface area (Å²) in [6, 6.07) is 6.57. The molecule has 4 N–H and O–H groups in total. The Kier molecular flexibility index (Phi) is 9.50. The number of aryl methyl sites for hydroxylation is 1. The smallest absolute Gasteiger partial charge is 0.447 e. The van der Waals surface area contributed by atoms with Gasteiger partial charge in [0.15, 0.2) is 6.73 Å². The lowest BCUT2D eigenvalue weighted by Gasteiger charge is -2.28. The number of alkyl carbamates (subject to hydrolysis) is 1. The van der Waals surface area contributed by atoms with Crippen LogP contribution in [-0.2, 0) is 31.0 Å². The molecular weight excluding hydrogens is 572 g/mol. The number of benzene rings is 1. The summed E-state index contributed by atoms with van der Waals surface area (Å²) in [5, 5.41) is 16.7. The number of nitrogens with zero attached hydrogens (tertiary/aromatic N) is 3. The van der Waals surface area contributed by atoms with Gasteiger partial charge in [0.1, 0.15) is 5.82 Å². The minimum Gasteiger partial charge on any atom is -0.447 e. The lowest BCUT2D eigenvalue weighted by molar-refractivity contribution is 0.0455. The van der Waals surface area contributed by atoms with Gasteiger partial charge in [-0.2, -0.15) is 5.10 Å². The standard InChI is InChI=1S/C26H34N6O7S2/c1-15(2)39-25(33)31-18-7-5-17(6-8-18)24-29-16(3)23(40-24)20-10-9-19(13-21(20)41(27,35)36)30-22-11-12-28-32(22)14-38-26(34)37-4/h9-13,15,17-18,30H,5-8,14H2,1-4H3,(H,31,33)(H2,27,35,36). The maximum Gasteiger partial charge on any atom is 0.509 e. The Morgan fingerprint density at radius 3 is 2.59 bits per heavy atom. The second kappa shape index (κ2) is 12.9. The molecule has 222 valence electrons. The van der Waals surface area contributed by atoms with Gasteiger partial charge < -0.3 is 24.8 Å². The number of nitrogens with two attached hydrogens (primary N) is 1. The number of anilines is 2. The molecule has 0 saturated heterocycles. The SMILES string of the molecule is COC(=O)OCn1nccc1Nc1ccc(-c2sc(C3CCC(NC(=O)OC(C)C)CC3)nc2C)c(S(N)(=O)=O)c1. The Morgan fingerprint density at radius 1 is 1.20 bits per heavy atom. The maximum absolute atomic E-state index is 12.7. The van der Waals surface area contributed by atoms with E-state index < -0.39 is 22.3 Å². The van der Waals surface area contributed by atoms with Crippen molar-refractivity contribution in [3.05, 3.63) is 41.2 Å². The molecule has 2 heterocycles. The molecule has 0 radical (unpaired) electrons. The second-order valence-corrected chi connectivity index (χ2v) is 12.5. The lowest BCUT2D eigenvalue weighted by atomic mass is 9.86. The Hall–Kier alpha value is -3.69. The van der Waals surface area contributed by atoms with Crippen molar-refractivity contribution in [1.29, 1.82) is 0 Å². The van der Waals surface area contributed by atoms with E-state index in [0.29, 0.717) is 17.1 Å². The number of carbonyl (C=O) groups is 2. The summed E-state index contributed by atoms with van der Waals surface area (Å²) in [5.41, 5.74) is 1.63. The van der Waals surface area contributed by atoms with Crippen molar-refractivity contribution in [1.82, 2.24) is 20.1 Å².